The van der Waals surface area contributed by atoms with Crippen LogP contribution < -0.4 is 0 Å². The van der Waals surface area contributed by atoms with Crippen LogP contribution in [-0.4, -0.2) is 37.2 Å². The summed E-state index contributed by atoms with van der Waals surface area (Å²) >= 11 is 0. The van der Waals surface area contributed by atoms with Crippen LogP contribution in [0, 0.1) is 0 Å². The molecule has 0 bridgehead atoms. The van der Waals surface area contributed by atoms with Crippen LogP contribution in [-0.2, 0) is 28.6 Å². The summed E-state index contributed by atoms with van der Waals surface area (Å²) in [5, 5.41) is 0. The van der Waals surface area contributed by atoms with Gasteiger partial charge in [0.05, 0.1) is 0 Å². The molecule has 0 rings (SSSR count). The summed E-state index contributed by atoms with van der Waals surface area (Å²) in [6, 6.07) is 0. The normalized spacial score (nSPS) is 12.5. The van der Waals surface area contributed by atoms with E-state index in [-0.39, 0.29) is 31.1 Å². The summed E-state index contributed by atoms with van der Waals surface area (Å²) in [4.78, 5) is 37.2. The van der Waals surface area contributed by atoms with Crippen LogP contribution >= 0.6 is 0 Å². The maximum absolute atomic E-state index is 12.5. The minimum absolute atomic E-state index is 0.0761. The Labute approximate surface area is 314 Å². The molecule has 0 aromatic carbocycles. The molecule has 0 saturated heterocycles. The molecule has 0 heterocycles. The molecule has 0 aliphatic heterocycles. The van der Waals surface area contributed by atoms with Crippen molar-refractivity contribution in [2.75, 3.05) is 13.2 Å². The van der Waals surface area contributed by atoms with E-state index in [9.17, 15) is 14.4 Å². The minimum atomic E-state index is -0.766. The van der Waals surface area contributed by atoms with E-state index in [1.54, 1.807) is 0 Å². The van der Waals surface area contributed by atoms with E-state index in [0.717, 1.165) is 96.3 Å². The maximum Gasteiger partial charge on any atom is 0.306 e. The molecule has 51 heavy (non-hydrogen) atoms. The Morgan fingerprint density at radius 3 is 1.20 bits per heavy atom. The fraction of sp³-hybridized carbons (Fsp3) is 0.756. The standard InChI is InChI=1S/C45H78O6/c1-4-7-10-13-15-16-17-18-19-20-21-22-23-24-25-26-27-28-30-32-35-38-44(47)50-41-42(40-49-43(46)37-34-31-12-9-6-3)51-45(48)39-36-33-29-14-11-8-5-2/h7,10,15-16,18-19,21-22,42H,4-6,8-9,11-14,17,20,23-41H2,1-3H3/b10-7-,16-15-,19-18-,22-21-. The summed E-state index contributed by atoms with van der Waals surface area (Å²) in [5.74, 6) is -0.909. The van der Waals surface area contributed by atoms with E-state index in [2.05, 4.69) is 69.4 Å². The fourth-order valence-electron chi connectivity index (χ4n) is 5.67. The molecule has 1 atom stereocenters. The smallest absolute Gasteiger partial charge is 0.306 e. The molecule has 0 fully saturated rings. The molecule has 0 aromatic rings. The fourth-order valence-corrected chi connectivity index (χ4v) is 5.67. The molecule has 1 unspecified atom stereocenters. The Bertz CT molecular complexity index is 918. The SMILES string of the molecule is CC/C=C\C/C=C\C/C=C\C/C=C\CCCCCCCCCCC(=O)OCC(COC(=O)CCCCCCC)OC(=O)CCCCCCCCC. The molecular formula is C45H78O6. The van der Waals surface area contributed by atoms with Crippen molar-refractivity contribution in [3.63, 3.8) is 0 Å². The molecule has 0 N–H and O–H groups in total. The molecule has 0 amide bonds. The van der Waals surface area contributed by atoms with E-state index < -0.39 is 6.10 Å². The van der Waals surface area contributed by atoms with Gasteiger partial charge in [0.15, 0.2) is 6.10 Å². The molecule has 0 aliphatic rings. The molecule has 0 spiro atoms. The van der Waals surface area contributed by atoms with Crippen molar-refractivity contribution < 1.29 is 28.6 Å². The highest BCUT2D eigenvalue weighted by molar-refractivity contribution is 5.71. The van der Waals surface area contributed by atoms with Crippen LogP contribution in [0.4, 0.5) is 0 Å². The summed E-state index contributed by atoms with van der Waals surface area (Å²) in [6.45, 7) is 6.37. The van der Waals surface area contributed by atoms with Crippen molar-refractivity contribution in [1.29, 1.82) is 0 Å². The third-order valence-electron chi connectivity index (χ3n) is 8.85. The first-order chi connectivity index (χ1) is 25.0. The highest BCUT2D eigenvalue weighted by atomic mass is 16.6. The number of esters is 3. The second-order valence-electron chi connectivity index (χ2n) is 13.9. The maximum atomic E-state index is 12.5. The first-order valence-electron chi connectivity index (χ1n) is 21.1. The van der Waals surface area contributed by atoms with Gasteiger partial charge in [-0.3, -0.25) is 14.4 Å². The zero-order chi connectivity index (χ0) is 37.3. The van der Waals surface area contributed by atoms with Crippen LogP contribution in [0.25, 0.3) is 0 Å². The van der Waals surface area contributed by atoms with Gasteiger partial charge in [-0.05, 0) is 57.8 Å². The lowest BCUT2D eigenvalue weighted by molar-refractivity contribution is -0.167. The van der Waals surface area contributed by atoms with Gasteiger partial charge in [0.1, 0.15) is 13.2 Å². The summed E-state index contributed by atoms with van der Waals surface area (Å²) < 4.78 is 16.5. The Morgan fingerprint density at radius 2 is 0.765 bits per heavy atom. The van der Waals surface area contributed by atoms with Crippen LogP contribution in [0.3, 0.4) is 0 Å². The monoisotopic (exact) mass is 715 g/mol. The second-order valence-corrected chi connectivity index (χ2v) is 13.9. The van der Waals surface area contributed by atoms with Crippen LogP contribution in [0.1, 0.15) is 201 Å². The van der Waals surface area contributed by atoms with Gasteiger partial charge in [-0.15, -0.1) is 0 Å². The predicted octanol–water partition coefficient (Wildman–Crippen LogP) is 13.2. The van der Waals surface area contributed by atoms with Gasteiger partial charge >= 0.3 is 17.9 Å². The number of carbonyl (C=O) groups excluding carboxylic acids is 3. The lowest BCUT2D eigenvalue weighted by Crippen LogP contribution is -2.30. The molecule has 6 nitrogen and oxygen atoms in total. The van der Waals surface area contributed by atoms with Crippen LogP contribution in [0.2, 0.25) is 0 Å². The van der Waals surface area contributed by atoms with E-state index in [1.165, 1.54) is 64.2 Å². The highest BCUT2D eigenvalue weighted by Gasteiger charge is 2.19. The Morgan fingerprint density at radius 1 is 0.412 bits per heavy atom. The average Bonchev–Trinajstić information content (AvgIpc) is 3.12. The van der Waals surface area contributed by atoms with Gasteiger partial charge in [-0.25, -0.2) is 0 Å². The highest BCUT2D eigenvalue weighted by Crippen LogP contribution is 2.13. The Hall–Kier alpha value is -2.63. The Balaban J connectivity index is 4.10. The molecule has 0 radical (unpaired) electrons. The lowest BCUT2D eigenvalue weighted by atomic mass is 10.1. The quantitative estimate of drug-likeness (QED) is 0.0276. The van der Waals surface area contributed by atoms with Gasteiger partial charge in [-0.1, -0.05) is 172 Å². The van der Waals surface area contributed by atoms with E-state index >= 15 is 0 Å². The summed E-state index contributed by atoms with van der Waals surface area (Å²) in [7, 11) is 0. The van der Waals surface area contributed by atoms with Gasteiger partial charge in [0, 0.05) is 19.3 Å². The van der Waals surface area contributed by atoms with E-state index in [0.29, 0.717) is 19.3 Å². The van der Waals surface area contributed by atoms with E-state index in [1.807, 2.05) is 0 Å². The first kappa shape index (κ1) is 48.4. The topological polar surface area (TPSA) is 78.9 Å². The van der Waals surface area contributed by atoms with Crippen molar-refractivity contribution in [3.05, 3.63) is 48.6 Å². The molecule has 294 valence electrons. The predicted molar refractivity (Wildman–Crippen MR) is 215 cm³/mol. The van der Waals surface area contributed by atoms with E-state index in [4.69, 9.17) is 14.2 Å². The molecular weight excluding hydrogens is 636 g/mol. The number of ether oxygens (including phenoxy) is 3. The summed E-state index contributed by atoms with van der Waals surface area (Å²) in [6.07, 6.45) is 45.7. The molecule has 0 aromatic heterocycles. The van der Waals surface area contributed by atoms with Crippen molar-refractivity contribution in [1.82, 2.24) is 0 Å². The van der Waals surface area contributed by atoms with Crippen LogP contribution in [0.15, 0.2) is 48.6 Å². The zero-order valence-corrected chi connectivity index (χ0v) is 33.4. The zero-order valence-electron chi connectivity index (χ0n) is 33.4. The number of unbranched alkanes of at least 4 members (excludes halogenated alkanes) is 18. The van der Waals surface area contributed by atoms with Crippen molar-refractivity contribution in [3.8, 4) is 0 Å². The largest absolute Gasteiger partial charge is 0.462 e. The number of hydrogen-bond acceptors (Lipinski definition) is 6. The second kappa shape index (κ2) is 40.1. The van der Waals surface area contributed by atoms with Gasteiger partial charge in [0.2, 0.25) is 0 Å². The van der Waals surface area contributed by atoms with Crippen molar-refractivity contribution in [2.24, 2.45) is 0 Å². The first-order valence-corrected chi connectivity index (χ1v) is 21.1. The minimum Gasteiger partial charge on any atom is -0.462 e. The van der Waals surface area contributed by atoms with Gasteiger partial charge in [0.25, 0.3) is 0 Å². The average molecular weight is 715 g/mol. The lowest BCUT2D eigenvalue weighted by Gasteiger charge is -2.18. The number of rotatable bonds is 37. The third-order valence-corrected chi connectivity index (χ3v) is 8.85. The van der Waals surface area contributed by atoms with Gasteiger partial charge < -0.3 is 14.2 Å². The van der Waals surface area contributed by atoms with Crippen LogP contribution in [0.5, 0.6) is 0 Å². The third kappa shape index (κ3) is 38.4. The molecule has 0 saturated carbocycles. The number of allylic oxidation sites excluding steroid dienone is 8. The number of carbonyl (C=O) groups is 3. The van der Waals surface area contributed by atoms with Crippen molar-refractivity contribution >= 4 is 17.9 Å². The van der Waals surface area contributed by atoms with Crippen molar-refractivity contribution in [2.45, 2.75) is 207 Å². The molecule has 0 aliphatic carbocycles. The summed E-state index contributed by atoms with van der Waals surface area (Å²) in [5.41, 5.74) is 0. The molecule has 6 heteroatoms. The van der Waals surface area contributed by atoms with Gasteiger partial charge in [-0.2, -0.15) is 0 Å². The number of hydrogen-bond donors (Lipinski definition) is 0. The Kier molecular flexibility index (Phi) is 38.1.